The van der Waals surface area contributed by atoms with E-state index in [0.29, 0.717) is 6.92 Å². The lowest BCUT2D eigenvalue weighted by Gasteiger charge is -2.30. The number of nitrogens with one attached hydrogen (secondary N) is 2. The van der Waals surface area contributed by atoms with E-state index >= 15 is 0 Å². The molecule has 1 heterocycles. The van der Waals surface area contributed by atoms with Crippen molar-refractivity contribution in [2.75, 3.05) is 0 Å². The van der Waals surface area contributed by atoms with Crippen molar-refractivity contribution in [3.05, 3.63) is 0 Å². The van der Waals surface area contributed by atoms with Crippen LogP contribution < -0.4 is 10.6 Å². The highest BCUT2D eigenvalue weighted by Gasteiger charge is 2.44. The minimum Gasteiger partial charge on any atom is -0.343 e. The van der Waals surface area contributed by atoms with Gasteiger partial charge in [-0.05, 0) is 6.92 Å². The van der Waals surface area contributed by atoms with Crippen LogP contribution in [0.15, 0.2) is 0 Å². The zero-order chi connectivity index (χ0) is 10.2. The molecule has 1 fully saturated rings. The van der Waals surface area contributed by atoms with Gasteiger partial charge in [-0.2, -0.15) is 0 Å². The van der Waals surface area contributed by atoms with E-state index < -0.39 is 29.8 Å². The summed E-state index contributed by atoms with van der Waals surface area (Å²) in [5.74, 6) is -4.68. The molecule has 1 aliphatic heterocycles. The highest BCUT2D eigenvalue weighted by molar-refractivity contribution is 5.97. The van der Waals surface area contributed by atoms with Crippen LogP contribution in [0.3, 0.4) is 0 Å². The quantitative estimate of drug-likeness (QED) is 0.596. The van der Waals surface area contributed by atoms with Crippen LogP contribution in [0.1, 0.15) is 13.8 Å². The Hall–Kier alpha value is -1.20. The maximum absolute atomic E-state index is 12.7. The lowest BCUT2D eigenvalue weighted by molar-refractivity contribution is -0.145. The van der Waals surface area contributed by atoms with Crippen molar-refractivity contribution in [3.8, 4) is 0 Å². The number of piperazine rings is 1. The Balaban J connectivity index is 2.79. The lowest BCUT2D eigenvalue weighted by atomic mass is 10.1. The van der Waals surface area contributed by atoms with Gasteiger partial charge >= 0.3 is 0 Å². The summed E-state index contributed by atoms with van der Waals surface area (Å²) in [6.45, 7) is 2.02. The van der Waals surface area contributed by atoms with E-state index in [2.05, 4.69) is 5.32 Å². The van der Waals surface area contributed by atoms with E-state index in [1.807, 2.05) is 5.32 Å². The molecule has 2 atom stereocenters. The second-order valence-corrected chi connectivity index (χ2v) is 3.13. The molecule has 0 aromatic carbocycles. The van der Waals surface area contributed by atoms with E-state index in [9.17, 15) is 18.4 Å². The Bertz CT molecular complexity index is 249. The lowest BCUT2D eigenvalue weighted by Crippen LogP contribution is -2.65. The molecular weight excluding hydrogens is 182 g/mol. The largest absolute Gasteiger partial charge is 0.343 e. The number of alkyl halides is 2. The first-order valence-corrected chi connectivity index (χ1v) is 3.81. The number of carbonyl (C=O) groups excluding carboxylic acids is 2. The van der Waals surface area contributed by atoms with E-state index in [-0.39, 0.29) is 0 Å². The molecule has 1 aliphatic rings. The Morgan fingerprint density at radius 3 is 2.23 bits per heavy atom. The summed E-state index contributed by atoms with van der Waals surface area (Å²) in [7, 11) is 0. The topological polar surface area (TPSA) is 58.2 Å². The van der Waals surface area contributed by atoms with Crippen LogP contribution in [0.25, 0.3) is 0 Å². The van der Waals surface area contributed by atoms with E-state index in [1.54, 1.807) is 0 Å². The summed E-state index contributed by atoms with van der Waals surface area (Å²) < 4.78 is 25.4. The van der Waals surface area contributed by atoms with Crippen LogP contribution in [0.2, 0.25) is 0 Å². The smallest absolute Gasteiger partial charge is 0.274 e. The van der Waals surface area contributed by atoms with Crippen molar-refractivity contribution in [3.63, 3.8) is 0 Å². The summed E-state index contributed by atoms with van der Waals surface area (Å²) in [6.07, 6.45) is 0. The van der Waals surface area contributed by atoms with Crippen molar-refractivity contribution in [1.82, 2.24) is 10.6 Å². The van der Waals surface area contributed by atoms with Gasteiger partial charge in [0.15, 0.2) is 6.04 Å². The zero-order valence-electron chi connectivity index (χ0n) is 7.23. The van der Waals surface area contributed by atoms with Crippen molar-refractivity contribution < 1.29 is 18.4 Å². The summed E-state index contributed by atoms with van der Waals surface area (Å²) in [5, 5.41) is 4.11. The number of amides is 2. The van der Waals surface area contributed by atoms with Gasteiger partial charge < -0.3 is 10.6 Å². The van der Waals surface area contributed by atoms with Gasteiger partial charge in [0.25, 0.3) is 5.92 Å². The van der Waals surface area contributed by atoms with Gasteiger partial charge in [-0.1, -0.05) is 0 Å². The second-order valence-electron chi connectivity index (χ2n) is 3.13. The van der Waals surface area contributed by atoms with Gasteiger partial charge in [0.1, 0.15) is 6.04 Å². The molecule has 1 saturated heterocycles. The monoisotopic (exact) mass is 192 g/mol. The number of halogens is 2. The Labute approximate surface area is 73.7 Å². The summed E-state index contributed by atoms with van der Waals surface area (Å²) in [6, 6.07) is -2.50. The fraction of sp³-hybridized carbons (Fsp3) is 0.714. The highest BCUT2D eigenvalue weighted by atomic mass is 19.3. The Morgan fingerprint density at radius 2 is 1.77 bits per heavy atom. The van der Waals surface area contributed by atoms with Crippen molar-refractivity contribution in [2.45, 2.75) is 31.9 Å². The summed E-state index contributed by atoms with van der Waals surface area (Å²) >= 11 is 0. The molecular formula is C7H10F2N2O2. The first-order valence-electron chi connectivity index (χ1n) is 3.81. The van der Waals surface area contributed by atoms with Crippen LogP contribution in [0, 0.1) is 0 Å². The molecule has 74 valence electrons. The van der Waals surface area contributed by atoms with Gasteiger partial charge in [-0.15, -0.1) is 0 Å². The Morgan fingerprint density at radius 1 is 1.23 bits per heavy atom. The molecule has 0 aromatic rings. The van der Waals surface area contributed by atoms with Gasteiger partial charge in [0.05, 0.1) is 0 Å². The van der Waals surface area contributed by atoms with Gasteiger partial charge in [-0.3, -0.25) is 9.59 Å². The average Bonchev–Trinajstić information content (AvgIpc) is 1.94. The number of rotatable bonds is 1. The molecule has 0 aromatic heterocycles. The molecule has 0 unspecified atom stereocenters. The SMILES string of the molecule is C[C@H]1NC(=O)[C@@H](C(C)(F)F)NC1=O. The number of hydrogen-bond acceptors (Lipinski definition) is 2. The van der Waals surface area contributed by atoms with Gasteiger partial charge in [0, 0.05) is 6.92 Å². The van der Waals surface area contributed by atoms with Crippen LogP contribution in [-0.2, 0) is 9.59 Å². The molecule has 4 nitrogen and oxygen atoms in total. The van der Waals surface area contributed by atoms with Crippen LogP contribution >= 0.6 is 0 Å². The maximum Gasteiger partial charge on any atom is 0.274 e. The molecule has 0 radical (unpaired) electrons. The normalized spacial score (nSPS) is 29.5. The molecule has 6 heteroatoms. The van der Waals surface area contributed by atoms with Crippen molar-refractivity contribution >= 4 is 11.8 Å². The summed E-state index contributed by atoms with van der Waals surface area (Å²) in [5.41, 5.74) is 0. The molecule has 2 amide bonds. The van der Waals surface area contributed by atoms with Crippen molar-refractivity contribution in [1.29, 1.82) is 0 Å². The van der Waals surface area contributed by atoms with E-state index in [0.717, 1.165) is 0 Å². The molecule has 0 saturated carbocycles. The number of carbonyl (C=O) groups is 2. The third-order valence-electron chi connectivity index (χ3n) is 1.81. The Kier molecular flexibility index (Phi) is 2.23. The molecule has 1 rings (SSSR count). The average molecular weight is 192 g/mol. The second kappa shape index (κ2) is 2.93. The number of hydrogen-bond donors (Lipinski definition) is 2. The molecule has 0 bridgehead atoms. The minimum absolute atomic E-state index is 0.591. The molecule has 13 heavy (non-hydrogen) atoms. The molecule has 2 N–H and O–H groups in total. The fourth-order valence-corrected chi connectivity index (χ4v) is 1.05. The zero-order valence-corrected chi connectivity index (χ0v) is 7.23. The maximum atomic E-state index is 12.7. The predicted octanol–water partition coefficient (Wildman–Crippen LogP) is -0.355. The predicted molar refractivity (Wildman–Crippen MR) is 40.2 cm³/mol. The van der Waals surface area contributed by atoms with Crippen LogP contribution in [0.5, 0.6) is 0 Å². The molecule has 0 spiro atoms. The standard InChI is InChI=1S/C7H10F2N2O2/c1-3-5(12)11-4(6(13)10-3)7(2,8)9/h3-4H,1-2H3,(H,10,13)(H,11,12)/t3-,4+/m1/s1. The first kappa shape index (κ1) is 9.88. The summed E-state index contributed by atoms with van der Waals surface area (Å²) in [4.78, 5) is 21.9. The van der Waals surface area contributed by atoms with Gasteiger partial charge in [-0.25, -0.2) is 8.78 Å². The fourth-order valence-electron chi connectivity index (χ4n) is 1.05. The van der Waals surface area contributed by atoms with Gasteiger partial charge in [0.2, 0.25) is 11.8 Å². The van der Waals surface area contributed by atoms with E-state index in [1.165, 1.54) is 6.92 Å². The van der Waals surface area contributed by atoms with Crippen molar-refractivity contribution in [2.24, 2.45) is 0 Å². The van der Waals surface area contributed by atoms with Crippen LogP contribution in [0.4, 0.5) is 8.78 Å². The molecule has 0 aliphatic carbocycles. The van der Waals surface area contributed by atoms with Crippen LogP contribution in [-0.4, -0.2) is 29.8 Å². The van der Waals surface area contributed by atoms with E-state index in [4.69, 9.17) is 0 Å². The highest BCUT2D eigenvalue weighted by Crippen LogP contribution is 2.19. The third-order valence-corrected chi connectivity index (χ3v) is 1.81. The minimum atomic E-state index is -3.24. The first-order chi connectivity index (χ1) is 5.82. The third kappa shape index (κ3) is 1.93.